The SMILES string of the molecule is CCCCC/C=C\C=C\C(=O)CCCCCCCC(=O)O[C@@H](CO)COC(=O)CCCCCCCCCCC(C)C. The molecule has 0 aromatic heterocycles. The predicted octanol–water partition coefficient (Wildman–Crippen LogP) is 8.98. The smallest absolute Gasteiger partial charge is 0.306 e. The maximum absolute atomic E-state index is 12.1. The number of hydrogen-bond donors (Lipinski definition) is 1. The fourth-order valence-electron chi connectivity index (χ4n) is 4.54. The molecule has 0 aromatic carbocycles. The van der Waals surface area contributed by atoms with Crippen molar-refractivity contribution < 1.29 is 29.0 Å². The molecule has 41 heavy (non-hydrogen) atoms. The number of ether oxygens (including phenoxy) is 2. The van der Waals surface area contributed by atoms with E-state index >= 15 is 0 Å². The van der Waals surface area contributed by atoms with Crippen molar-refractivity contribution in [2.24, 2.45) is 5.92 Å². The summed E-state index contributed by atoms with van der Waals surface area (Å²) in [5, 5.41) is 9.49. The average Bonchev–Trinajstić information content (AvgIpc) is 2.95. The van der Waals surface area contributed by atoms with Gasteiger partial charge < -0.3 is 14.6 Å². The van der Waals surface area contributed by atoms with Crippen LogP contribution in [0.4, 0.5) is 0 Å². The zero-order chi connectivity index (χ0) is 30.4. The maximum Gasteiger partial charge on any atom is 0.306 e. The topological polar surface area (TPSA) is 89.9 Å². The zero-order valence-corrected chi connectivity index (χ0v) is 26.7. The quantitative estimate of drug-likeness (QED) is 0.0412. The molecule has 0 rings (SSSR count). The highest BCUT2D eigenvalue weighted by Crippen LogP contribution is 2.14. The van der Waals surface area contributed by atoms with E-state index in [4.69, 9.17) is 9.47 Å². The molecule has 0 spiro atoms. The first kappa shape index (κ1) is 39.0. The molecule has 0 aliphatic carbocycles. The first-order valence-corrected chi connectivity index (χ1v) is 16.7. The van der Waals surface area contributed by atoms with E-state index in [1.54, 1.807) is 6.08 Å². The number of aliphatic hydroxyl groups excluding tert-OH is 1. The first-order valence-electron chi connectivity index (χ1n) is 16.7. The molecule has 1 N–H and O–H groups in total. The molecule has 0 aliphatic heterocycles. The number of rotatable bonds is 29. The molecule has 0 saturated heterocycles. The standard InChI is InChI=1S/C35H62O6/c1-4-5-6-7-10-15-20-25-32(37)26-21-16-13-18-23-28-35(39)41-33(29-36)30-40-34(38)27-22-17-12-9-8-11-14-19-24-31(2)3/h10,15,20,25,31,33,36H,4-9,11-14,16-19,21-24,26-30H2,1-3H3/b15-10-,25-20+/t33-/m0/s1. The van der Waals surface area contributed by atoms with Gasteiger partial charge in [0.15, 0.2) is 11.9 Å². The summed E-state index contributed by atoms with van der Waals surface area (Å²) < 4.78 is 10.5. The van der Waals surface area contributed by atoms with Gasteiger partial charge in [-0.25, -0.2) is 0 Å². The van der Waals surface area contributed by atoms with Crippen molar-refractivity contribution in [2.45, 2.75) is 162 Å². The molecule has 0 amide bonds. The minimum atomic E-state index is -0.813. The molecule has 6 heteroatoms. The summed E-state index contributed by atoms with van der Waals surface area (Å²) in [4.78, 5) is 36.0. The second-order valence-corrected chi connectivity index (χ2v) is 11.8. The first-order chi connectivity index (χ1) is 19.9. The van der Waals surface area contributed by atoms with Gasteiger partial charge in [0.25, 0.3) is 0 Å². The largest absolute Gasteiger partial charge is 0.462 e. The molecular weight excluding hydrogens is 516 g/mol. The van der Waals surface area contributed by atoms with Gasteiger partial charge >= 0.3 is 11.9 Å². The number of hydrogen-bond acceptors (Lipinski definition) is 6. The third kappa shape index (κ3) is 29.3. The number of unbranched alkanes of at least 4 members (excludes halogenated alkanes) is 14. The number of carbonyl (C=O) groups is 3. The second-order valence-electron chi connectivity index (χ2n) is 11.8. The average molecular weight is 579 g/mol. The highest BCUT2D eigenvalue weighted by atomic mass is 16.6. The van der Waals surface area contributed by atoms with Crippen LogP contribution < -0.4 is 0 Å². The Morgan fingerprint density at radius 3 is 1.83 bits per heavy atom. The van der Waals surface area contributed by atoms with E-state index in [0.717, 1.165) is 57.3 Å². The van der Waals surface area contributed by atoms with Crippen LogP contribution in [0.1, 0.15) is 156 Å². The van der Waals surface area contributed by atoms with Gasteiger partial charge in [-0.2, -0.15) is 0 Å². The van der Waals surface area contributed by atoms with E-state index in [2.05, 4.69) is 26.8 Å². The van der Waals surface area contributed by atoms with E-state index in [9.17, 15) is 19.5 Å². The maximum atomic E-state index is 12.1. The highest BCUT2D eigenvalue weighted by Gasteiger charge is 2.16. The van der Waals surface area contributed by atoms with Crippen LogP contribution in [0.3, 0.4) is 0 Å². The summed E-state index contributed by atoms with van der Waals surface area (Å²) in [7, 11) is 0. The monoisotopic (exact) mass is 578 g/mol. The van der Waals surface area contributed by atoms with Crippen LogP contribution in [0, 0.1) is 5.92 Å². The van der Waals surface area contributed by atoms with Crippen LogP contribution in [-0.2, 0) is 23.9 Å². The van der Waals surface area contributed by atoms with Gasteiger partial charge in [-0.15, -0.1) is 0 Å². The van der Waals surface area contributed by atoms with E-state index in [-0.39, 0.29) is 37.4 Å². The summed E-state index contributed by atoms with van der Waals surface area (Å²) in [5.74, 6) is 0.264. The summed E-state index contributed by atoms with van der Waals surface area (Å²) >= 11 is 0. The molecule has 0 fully saturated rings. The second kappa shape index (κ2) is 29.5. The molecule has 1 atom stereocenters. The fraction of sp³-hybridized carbons (Fsp3) is 0.800. The molecule has 0 unspecified atom stereocenters. The number of allylic oxidation sites excluding steroid dienone is 4. The van der Waals surface area contributed by atoms with E-state index in [1.807, 2.05) is 12.2 Å². The molecule has 238 valence electrons. The lowest BCUT2D eigenvalue weighted by Crippen LogP contribution is -2.28. The Balaban J connectivity index is 3.70. The lowest BCUT2D eigenvalue weighted by Gasteiger charge is -2.15. The Kier molecular flexibility index (Phi) is 28.1. The number of ketones is 1. The van der Waals surface area contributed by atoms with Gasteiger partial charge in [-0.05, 0) is 44.1 Å². The molecule has 0 saturated carbocycles. The molecule has 0 radical (unpaired) electrons. The van der Waals surface area contributed by atoms with Crippen LogP contribution in [-0.4, -0.2) is 42.1 Å². The number of carbonyl (C=O) groups excluding carboxylic acids is 3. The van der Waals surface area contributed by atoms with Gasteiger partial charge in [-0.1, -0.05) is 122 Å². The van der Waals surface area contributed by atoms with Crippen molar-refractivity contribution in [1.82, 2.24) is 0 Å². The normalized spacial score (nSPS) is 12.4. The predicted molar refractivity (Wildman–Crippen MR) is 169 cm³/mol. The Hall–Kier alpha value is -1.95. The van der Waals surface area contributed by atoms with Crippen LogP contribution in [0.5, 0.6) is 0 Å². The minimum Gasteiger partial charge on any atom is -0.462 e. The van der Waals surface area contributed by atoms with Crippen molar-refractivity contribution >= 4 is 17.7 Å². The Morgan fingerprint density at radius 1 is 0.683 bits per heavy atom. The van der Waals surface area contributed by atoms with Gasteiger partial charge in [0.1, 0.15) is 6.61 Å². The van der Waals surface area contributed by atoms with Gasteiger partial charge in [0.2, 0.25) is 0 Å². The van der Waals surface area contributed by atoms with Crippen LogP contribution >= 0.6 is 0 Å². The summed E-state index contributed by atoms with van der Waals surface area (Å²) in [6.07, 6.45) is 27.7. The number of aliphatic hydroxyl groups is 1. The van der Waals surface area contributed by atoms with Crippen molar-refractivity contribution in [3.63, 3.8) is 0 Å². The van der Waals surface area contributed by atoms with E-state index < -0.39 is 6.10 Å². The summed E-state index contributed by atoms with van der Waals surface area (Å²) in [6.45, 7) is 6.26. The summed E-state index contributed by atoms with van der Waals surface area (Å²) in [5.41, 5.74) is 0. The molecule has 0 aromatic rings. The zero-order valence-electron chi connectivity index (χ0n) is 26.7. The van der Waals surface area contributed by atoms with Crippen molar-refractivity contribution in [2.75, 3.05) is 13.2 Å². The molecular formula is C35H62O6. The summed E-state index contributed by atoms with van der Waals surface area (Å²) in [6, 6.07) is 0. The van der Waals surface area contributed by atoms with Crippen molar-refractivity contribution in [1.29, 1.82) is 0 Å². The number of esters is 2. The Morgan fingerprint density at radius 2 is 1.24 bits per heavy atom. The Bertz CT molecular complexity index is 697. The van der Waals surface area contributed by atoms with E-state index in [0.29, 0.717) is 19.3 Å². The minimum absolute atomic E-state index is 0.103. The molecule has 6 nitrogen and oxygen atoms in total. The molecule has 0 aliphatic rings. The highest BCUT2D eigenvalue weighted by molar-refractivity contribution is 5.89. The third-order valence-corrected chi connectivity index (χ3v) is 7.15. The van der Waals surface area contributed by atoms with Crippen LogP contribution in [0.25, 0.3) is 0 Å². The molecule has 0 heterocycles. The van der Waals surface area contributed by atoms with Gasteiger partial charge in [-0.3, -0.25) is 14.4 Å². The van der Waals surface area contributed by atoms with Crippen molar-refractivity contribution in [3.05, 3.63) is 24.3 Å². The lowest BCUT2D eigenvalue weighted by molar-refractivity contribution is -0.161. The lowest BCUT2D eigenvalue weighted by atomic mass is 10.0. The third-order valence-electron chi connectivity index (χ3n) is 7.15. The van der Waals surface area contributed by atoms with Crippen LogP contribution in [0.2, 0.25) is 0 Å². The van der Waals surface area contributed by atoms with Gasteiger partial charge in [0, 0.05) is 19.3 Å². The fourth-order valence-corrected chi connectivity index (χ4v) is 4.54. The van der Waals surface area contributed by atoms with Crippen LogP contribution in [0.15, 0.2) is 24.3 Å². The Labute approximate surface area is 251 Å². The van der Waals surface area contributed by atoms with E-state index in [1.165, 1.54) is 57.8 Å². The van der Waals surface area contributed by atoms with Gasteiger partial charge in [0.05, 0.1) is 6.61 Å². The van der Waals surface area contributed by atoms with Crippen molar-refractivity contribution in [3.8, 4) is 0 Å². The molecule has 0 bridgehead atoms.